The van der Waals surface area contributed by atoms with Crippen LogP contribution in [0.4, 0.5) is 0 Å². The minimum absolute atomic E-state index is 0.318. The molecule has 0 atom stereocenters. The molecule has 0 amide bonds. The highest BCUT2D eigenvalue weighted by molar-refractivity contribution is 9.10. The Balaban J connectivity index is 2.41. The Kier molecular flexibility index (Phi) is 4.86. The number of fused-ring (bicyclic) bond motifs is 1. The van der Waals surface area contributed by atoms with Gasteiger partial charge in [0.1, 0.15) is 5.75 Å². The molecule has 1 heterocycles. The molecule has 0 aliphatic carbocycles. The number of ether oxygens (including phenoxy) is 2. The lowest BCUT2D eigenvalue weighted by Crippen LogP contribution is -2.07. The van der Waals surface area contributed by atoms with Crippen LogP contribution in [0.15, 0.2) is 40.9 Å². The lowest BCUT2D eigenvalue weighted by Gasteiger charge is -2.12. The van der Waals surface area contributed by atoms with Gasteiger partial charge in [0.25, 0.3) is 0 Å². The van der Waals surface area contributed by atoms with Crippen molar-refractivity contribution in [2.45, 2.75) is 20.8 Å². The molecular weight excluding hydrogens is 382 g/mol. The Hall–Kier alpha value is -2.27. The molecule has 3 aromatic rings. The van der Waals surface area contributed by atoms with Crippen LogP contribution < -0.4 is 4.74 Å². The van der Waals surface area contributed by atoms with Crippen LogP contribution in [0.3, 0.4) is 0 Å². The Morgan fingerprint density at radius 1 is 1.20 bits per heavy atom. The molecule has 0 saturated heterocycles. The second-order valence-corrected chi connectivity index (χ2v) is 6.66. The van der Waals surface area contributed by atoms with Gasteiger partial charge in [-0.15, -0.1) is 0 Å². The first-order chi connectivity index (χ1) is 12.0. The number of nitrogens with zero attached hydrogens (tertiary/aromatic N) is 1. The van der Waals surface area contributed by atoms with E-state index in [9.17, 15) is 4.79 Å². The molecule has 130 valence electrons. The van der Waals surface area contributed by atoms with Gasteiger partial charge in [0, 0.05) is 16.8 Å². The largest absolute Gasteiger partial charge is 0.496 e. The van der Waals surface area contributed by atoms with E-state index in [1.165, 1.54) is 0 Å². The molecular formula is C20H20BrNO3. The van der Waals surface area contributed by atoms with Crippen molar-refractivity contribution < 1.29 is 14.3 Å². The Labute approximate surface area is 155 Å². The van der Waals surface area contributed by atoms with Gasteiger partial charge in [0.05, 0.1) is 29.3 Å². The summed E-state index contributed by atoms with van der Waals surface area (Å²) in [5, 5.41) is 0.819. The third kappa shape index (κ3) is 2.93. The lowest BCUT2D eigenvalue weighted by atomic mass is 10.1. The molecule has 3 rings (SSSR count). The molecule has 0 radical (unpaired) electrons. The van der Waals surface area contributed by atoms with Crippen molar-refractivity contribution in [3.05, 3.63) is 57.7 Å². The van der Waals surface area contributed by atoms with Crippen LogP contribution in [-0.2, 0) is 4.74 Å². The standard InChI is InChI=1S/C20H20BrNO3/c1-5-25-20(23)19-13(3)22(16-9-7-6-8-12(16)2)17-11-15(21)18(24-4)10-14(17)19/h6-11H,5H2,1-4H3. The summed E-state index contributed by atoms with van der Waals surface area (Å²) < 4.78 is 13.6. The third-order valence-electron chi connectivity index (χ3n) is 4.31. The van der Waals surface area contributed by atoms with Crippen molar-refractivity contribution in [1.29, 1.82) is 0 Å². The van der Waals surface area contributed by atoms with Crippen molar-refractivity contribution in [1.82, 2.24) is 4.57 Å². The number of para-hydroxylation sites is 1. The quantitative estimate of drug-likeness (QED) is 0.564. The van der Waals surface area contributed by atoms with E-state index in [-0.39, 0.29) is 5.97 Å². The monoisotopic (exact) mass is 401 g/mol. The SMILES string of the molecule is CCOC(=O)c1c(C)n(-c2ccccc2C)c2cc(Br)c(OC)cc12. The molecule has 1 aromatic heterocycles. The number of aryl methyl sites for hydroxylation is 1. The smallest absolute Gasteiger partial charge is 0.340 e. The fraction of sp³-hybridized carbons (Fsp3) is 0.250. The molecule has 0 fully saturated rings. The fourth-order valence-electron chi connectivity index (χ4n) is 3.16. The zero-order valence-corrected chi connectivity index (χ0v) is 16.3. The van der Waals surface area contributed by atoms with Crippen molar-refractivity contribution in [2.75, 3.05) is 13.7 Å². The molecule has 0 N–H and O–H groups in total. The average Bonchev–Trinajstić information content (AvgIpc) is 2.86. The second kappa shape index (κ2) is 6.92. The summed E-state index contributed by atoms with van der Waals surface area (Å²) in [4.78, 5) is 12.6. The molecule has 4 nitrogen and oxygen atoms in total. The summed E-state index contributed by atoms with van der Waals surface area (Å²) in [5.74, 6) is 0.363. The molecule has 0 saturated carbocycles. The topological polar surface area (TPSA) is 40.5 Å². The van der Waals surface area contributed by atoms with Crippen molar-refractivity contribution in [3.63, 3.8) is 0 Å². The number of carbonyl (C=O) groups excluding carboxylic acids is 1. The third-order valence-corrected chi connectivity index (χ3v) is 4.93. The minimum Gasteiger partial charge on any atom is -0.496 e. The van der Waals surface area contributed by atoms with Gasteiger partial charge < -0.3 is 14.0 Å². The number of esters is 1. The summed E-state index contributed by atoms with van der Waals surface area (Å²) >= 11 is 3.55. The van der Waals surface area contributed by atoms with E-state index in [4.69, 9.17) is 9.47 Å². The van der Waals surface area contributed by atoms with Gasteiger partial charge in [-0.2, -0.15) is 0 Å². The first kappa shape index (κ1) is 17.5. The van der Waals surface area contributed by atoms with Crippen LogP contribution in [0, 0.1) is 13.8 Å². The molecule has 5 heteroatoms. The van der Waals surface area contributed by atoms with Crippen molar-refractivity contribution >= 4 is 32.8 Å². The summed E-state index contributed by atoms with van der Waals surface area (Å²) in [6, 6.07) is 12.0. The molecule has 2 aromatic carbocycles. The normalized spacial score (nSPS) is 10.9. The molecule has 0 bridgehead atoms. The molecule has 0 spiro atoms. The van der Waals surface area contributed by atoms with Gasteiger partial charge in [-0.3, -0.25) is 0 Å². The highest BCUT2D eigenvalue weighted by Gasteiger charge is 2.23. The van der Waals surface area contributed by atoms with E-state index < -0.39 is 0 Å². The van der Waals surface area contributed by atoms with E-state index in [0.717, 1.165) is 32.3 Å². The maximum Gasteiger partial charge on any atom is 0.340 e. The van der Waals surface area contributed by atoms with Crippen LogP contribution in [0.1, 0.15) is 28.5 Å². The number of halogens is 1. The molecule has 25 heavy (non-hydrogen) atoms. The van der Waals surface area contributed by atoms with E-state index in [2.05, 4.69) is 39.6 Å². The summed E-state index contributed by atoms with van der Waals surface area (Å²) in [6.45, 7) is 6.15. The number of hydrogen-bond donors (Lipinski definition) is 0. The number of carbonyl (C=O) groups is 1. The zero-order chi connectivity index (χ0) is 18.1. The maximum atomic E-state index is 12.6. The van der Waals surface area contributed by atoms with Gasteiger partial charge in [-0.25, -0.2) is 4.79 Å². The number of rotatable bonds is 4. The predicted octanol–water partition coefficient (Wildman–Crippen LogP) is 5.20. The molecule has 0 unspecified atom stereocenters. The minimum atomic E-state index is -0.318. The van der Waals surface area contributed by atoms with Gasteiger partial charge in [-0.1, -0.05) is 18.2 Å². The number of methoxy groups -OCH3 is 1. The lowest BCUT2D eigenvalue weighted by molar-refractivity contribution is 0.0527. The van der Waals surface area contributed by atoms with Crippen LogP contribution in [0.2, 0.25) is 0 Å². The zero-order valence-electron chi connectivity index (χ0n) is 14.7. The number of aromatic nitrogens is 1. The van der Waals surface area contributed by atoms with Crippen LogP contribution in [0.5, 0.6) is 5.75 Å². The average molecular weight is 402 g/mol. The Bertz CT molecular complexity index is 959. The van der Waals surface area contributed by atoms with Gasteiger partial charge >= 0.3 is 5.97 Å². The fourth-order valence-corrected chi connectivity index (χ4v) is 3.65. The Morgan fingerprint density at radius 2 is 1.92 bits per heavy atom. The summed E-state index contributed by atoms with van der Waals surface area (Å²) in [7, 11) is 1.61. The summed E-state index contributed by atoms with van der Waals surface area (Å²) in [6.07, 6.45) is 0. The molecule has 0 aliphatic rings. The Morgan fingerprint density at radius 3 is 2.56 bits per heavy atom. The van der Waals surface area contributed by atoms with Crippen molar-refractivity contribution in [3.8, 4) is 11.4 Å². The van der Waals surface area contributed by atoms with Crippen LogP contribution in [0.25, 0.3) is 16.6 Å². The van der Waals surface area contributed by atoms with E-state index in [1.54, 1.807) is 7.11 Å². The second-order valence-electron chi connectivity index (χ2n) is 5.81. The van der Waals surface area contributed by atoms with Gasteiger partial charge in [0.2, 0.25) is 0 Å². The van der Waals surface area contributed by atoms with Gasteiger partial charge in [-0.05, 0) is 60.5 Å². The first-order valence-corrected chi connectivity index (χ1v) is 8.90. The highest BCUT2D eigenvalue weighted by Crippen LogP contribution is 2.37. The first-order valence-electron chi connectivity index (χ1n) is 8.11. The van der Waals surface area contributed by atoms with E-state index in [0.29, 0.717) is 17.9 Å². The van der Waals surface area contributed by atoms with Crippen LogP contribution >= 0.6 is 15.9 Å². The number of hydrogen-bond acceptors (Lipinski definition) is 3. The summed E-state index contributed by atoms with van der Waals surface area (Å²) in [5.41, 5.74) is 4.53. The van der Waals surface area contributed by atoms with Gasteiger partial charge in [0.15, 0.2) is 0 Å². The number of benzene rings is 2. The maximum absolute atomic E-state index is 12.6. The van der Waals surface area contributed by atoms with E-state index in [1.807, 2.05) is 38.1 Å². The van der Waals surface area contributed by atoms with E-state index >= 15 is 0 Å². The van der Waals surface area contributed by atoms with Crippen molar-refractivity contribution in [2.24, 2.45) is 0 Å². The molecule has 0 aliphatic heterocycles. The van der Waals surface area contributed by atoms with Crippen LogP contribution in [-0.4, -0.2) is 24.3 Å². The highest BCUT2D eigenvalue weighted by atomic mass is 79.9. The predicted molar refractivity (Wildman–Crippen MR) is 103 cm³/mol.